The van der Waals surface area contributed by atoms with Crippen LogP contribution in [0, 0.1) is 5.82 Å². The molecule has 1 rings (SSSR count). The van der Waals surface area contributed by atoms with Crippen LogP contribution in [-0.2, 0) is 0 Å². The highest BCUT2D eigenvalue weighted by molar-refractivity contribution is 7.99. The summed E-state index contributed by atoms with van der Waals surface area (Å²) in [5.41, 5.74) is 0. The van der Waals surface area contributed by atoms with E-state index in [1.165, 1.54) is 69.1 Å². The molecule has 0 aliphatic carbocycles. The molecule has 1 aromatic rings. The Morgan fingerprint density at radius 1 is 0.750 bits per heavy atom. The van der Waals surface area contributed by atoms with E-state index in [2.05, 4.69) is 6.92 Å². The smallest absolute Gasteiger partial charge is 0.123 e. The van der Waals surface area contributed by atoms with Crippen molar-refractivity contribution in [2.24, 2.45) is 0 Å². The van der Waals surface area contributed by atoms with E-state index >= 15 is 0 Å². The molecule has 0 saturated carbocycles. The number of halogens is 1. The van der Waals surface area contributed by atoms with Gasteiger partial charge in [0.1, 0.15) is 5.82 Å². The van der Waals surface area contributed by atoms with Crippen molar-refractivity contribution < 1.29 is 4.39 Å². The number of thioether (sulfide) groups is 1. The molecule has 0 atom stereocenters. The van der Waals surface area contributed by atoms with Crippen LogP contribution >= 0.6 is 11.8 Å². The molecular weight excluding hydrogens is 267 g/mol. The van der Waals surface area contributed by atoms with Gasteiger partial charge in [-0.05, 0) is 36.4 Å². The zero-order valence-corrected chi connectivity index (χ0v) is 13.7. The number of rotatable bonds is 12. The average Bonchev–Trinajstić information content (AvgIpc) is 2.47. The van der Waals surface area contributed by atoms with Gasteiger partial charge in [0, 0.05) is 4.90 Å². The second-order valence-corrected chi connectivity index (χ2v) is 6.65. The molecular formula is C18H29FS. The summed E-state index contributed by atoms with van der Waals surface area (Å²) >= 11 is 1.84. The van der Waals surface area contributed by atoms with Crippen LogP contribution in [0.1, 0.15) is 71.1 Å². The Bertz CT molecular complexity index is 321. The van der Waals surface area contributed by atoms with Gasteiger partial charge in [0.05, 0.1) is 0 Å². The molecule has 0 bridgehead atoms. The highest BCUT2D eigenvalue weighted by Crippen LogP contribution is 2.20. The van der Waals surface area contributed by atoms with Crippen molar-refractivity contribution in [2.75, 3.05) is 5.75 Å². The summed E-state index contributed by atoms with van der Waals surface area (Å²) in [6.07, 6.45) is 13.8. The van der Waals surface area contributed by atoms with Crippen LogP contribution < -0.4 is 0 Å². The first kappa shape index (κ1) is 17.6. The molecule has 0 aromatic heterocycles. The van der Waals surface area contributed by atoms with E-state index in [1.54, 1.807) is 12.1 Å². The molecule has 1 aromatic carbocycles. The molecule has 20 heavy (non-hydrogen) atoms. The summed E-state index contributed by atoms with van der Waals surface area (Å²) in [6.45, 7) is 2.27. The maximum atomic E-state index is 12.7. The molecule has 0 unspecified atom stereocenters. The summed E-state index contributed by atoms with van der Waals surface area (Å²) in [7, 11) is 0. The molecule has 0 saturated heterocycles. The van der Waals surface area contributed by atoms with Crippen LogP contribution in [0.5, 0.6) is 0 Å². The number of hydrogen-bond donors (Lipinski definition) is 0. The van der Waals surface area contributed by atoms with Gasteiger partial charge < -0.3 is 0 Å². The monoisotopic (exact) mass is 296 g/mol. The van der Waals surface area contributed by atoms with Gasteiger partial charge in [-0.2, -0.15) is 0 Å². The fraction of sp³-hybridized carbons (Fsp3) is 0.667. The first-order valence-electron chi connectivity index (χ1n) is 8.21. The van der Waals surface area contributed by atoms with Gasteiger partial charge in [-0.15, -0.1) is 11.8 Å². The van der Waals surface area contributed by atoms with Crippen molar-refractivity contribution in [3.05, 3.63) is 30.1 Å². The zero-order chi connectivity index (χ0) is 14.5. The van der Waals surface area contributed by atoms with Crippen LogP contribution in [0.25, 0.3) is 0 Å². The maximum Gasteiger partial charge on any atom is 0.123 e. The lowest BCUT2D eigenvalue weighted by molar-refractivity contribution is 0.563. The van der Waals surface area contributed by atoms with Crippen LogP contribution in [-0.4, -0.2) is 5.75 Å². The largest absolute Gasteiger partial charge is 0.207 e. The zero-order valence-electron chi connectivity index (χ0n) is 12.9. The minimum absolute atomic E-state index is 0.145. The Morgan fingerprint density at radius 3 is 1.80 bits per heavy atom. The number of hydrogen-bond acceptors (Lipinski definition) is 1. The van der Waals surface area contributed by atoms with Crippen LogP contribution in [0.4, 0.5) is 4.39 Å². The molecule has 0 aliphatic rings. The van der Waals surface area contributed by atoms with E-state index in [0.717, 1.165) is 5.75 Å². The predicted molar refractivity (Wildman–Crippen MR) is 89.0 cm³/mol. The van der Waals surface area contributed by atoms with Crippen molar-refractivity contribution in [3.63, 3.8) is 0 Å². The van der Waals surface area contributed by atoms with Gasteiger partial charge in [-0.25, -0.2) is 4.39 Å². The lowest BCUT2D eigenvalue weighted by Gasteiger charge is -2.03. The SMILES string of the molecule is CCCCCCCCCCCCSc1ccc(F)cc1. The Balaban J connectivity index is 1.84. The van der Waals surface area contributed by atoms with E-state index in [4.69, 9.17) is 0 Å². The third-order valence-corrected chi connectivity index (χ3v) is 4.68. The van der Waals surface area contributed by atoms with Crippen molar-refractivity contribution >= 4 is 11.8 Å². The van der Waals surface area contributed by atoms with Crippen molar-refractivity contribution in [1.82, 2.24) is 0 Å². The molecule has 0 amide bonds. The summed E-state index contributed by atoms with van der Waals surface area (Å²) in [6, 6.07) is 6.83. The van der Waals surface area contributed by atoms with Crippen LogP contribution in [0.2, 0.25) is 0 Å². The molecule has 0 radical (unpaired) electrons. The Labute approximate surface area is 128 Å². The lowest BCUT2D eigenvalue weighted by Crippen LogP contribution is -1.84. The molecule has 114 valence electrons. The van der Waals surface area contributed by atoms with Crippen molar-refractivity contribution in [3.8, 4) is 0 Å². The van der Waals surface area contributed by atoms with E-state index in [1.807, 2.05) is 23.9 Å². The number of unbranched alkanes of at least 4 members (excludes halogenated alkanes) is 9. The summed E-state index contributed by atoms with van der Waals surface area (Å²) in [5.74, 6) is 1.01. The summed E-state index contributed by atoms with van der Waals surface area (Å²) in [4.78, 5) is 1.18. The quantitative estimate of drug-likeness (QED) is 0.300. The van der Waals surface area contributed by atoms with Crippen LogP contribution in [0.3, 0.4) is 0 Å². The third kappa shape index (κ3) is 9.41. The van der Waals surface area contributed by atoms with Gasteiger partial charge in [0.15, 0.2) is 0 Å². The first-order valence-corrected chi connectivity index (χ1v) is 9.20. The highest BCUT2D eigenvalue weighted by Gasteiger charge is 1.96. The standard InChI is InChI=1S/C18H29FS/c1-2-3-4-5-6-7-8-9-10-11-16-20-18-14-12-17(19)13-15-18/h12-15H,2-11,16H2,1H3. The van der Waals surface area contributed by atoms with Crippen molar-refractivity contribution in [2.45, 2.75) is 76.0 Å². The average molecular weight is 296 g/mol. The highest BCUT2D eigenvalue weighted by atomic mass is 32.2. The molecule has 0 spiro atoms. The molecule has 0 nitrogen and oxygen atoms in total. The topological polar surface area (TPSA) is 0 Å². The third-order valence-electron chi connectivity index (χ3n) is 3.58. The number of benzene rings is 1. The molecule has 2 heteroatoms. The molecule has 0 heterocycles. The molecule has 0 aliphatic heterocycles. The summed E-state index contributed by atoms with van der Waals surface area (Å²) < 4.78 is 12.7. The minimum atomic E-state index is -0.145. The predicted octanol–water partition coefficient (Wildman–Crippen LogP) is 6.84. The second-order valence-electron chi connectivity index (χ2n) is 5.48. The van der Waals surface area contributed by atoms with E-state index in [-0.39, 0.29) is 5.82 Å². The molecule has 0 fully saturated rings. The first-order chi connectivity index (χ1) is 9.83. The fourth-order valence-electron chi connectivity index (χ4n) is 2.31. The van der Waals surface area contributed by atoms with E-state index in [0.29, 0.717) is 0 Å². The normalized spacial score (nSPS) is 10.9. The molecule has 0 N–H and O–H groups in total. The Hall–Kier alpha value is -0.500. The van der Waals surface area contributed by atoms with E-state index in [9.17, 15) is 4.39 Å². The van der Waals surface area contributed by atoms with E-state index < -0.39 is 0 Å². The van der Waals surface area contributed by atoms with Crippen LogP contribution in [0.15, 0.2) is 29.2 Å². The lowest BCUT2D eigenvalue weighted by atomic mass is 10.1. The van der Waals surface area contributed by atoms with Gasteiger partial charge in [-0.1, -0.05) is 64.7 Å². The summed E-state index contributed by atoms with van der Waals surface area (Å²) in [5, 5.41) is 0. The van der Waals surface area contributed by atoms with Gasteiger partial charge >= 0.3 is 0 Å². The second kappa shape index (κ2) is 12.3. The fourth-order valence-corrected chi connectivity index (χ4v) is 3.22. The Morgan fingerprint density at radius 2 is 1.25 bits per heavy atom. The maximum absolute atomic E-state index is 12.7. The van der Waals surface area contributed by atoms with Gasteiger partial charge in [-0.3, -0.25) is 0 Å². The van der Waals surface area contributed by atoms with Gasteiger partial charge in [0.2, 0.25) is 0 Å². The van der Waals surface area contributed by atoms with Gasteiger partial charge in [0.25, 0.3) is 0 Å². The van der Waals surface area contributed by atoms with Crippen molar-refractivity contribution in [1.29, 1.82) is 0 Å². The minimum Gasteiger partial charge on any atom is -0.207 e. The Kier molecular flexibility index (Phi) is 10.8.